The Morgan fingerprint density at radius 2 is 1.79 bits per heavy atom. The predicted molar refractivity (Wildman–Crippen MR) is 132 cm³/mol. The van der Waals surface area contributed by atoms with E-state index in [2.05, 4.69) is 25.1 Å². The number of aromatic nitrogens is 4. The molecule has 1 aliphatic rings. The molecule has 0 bridgehead atoms. The van der Waals surface area contributed by atoms with E-state index in [9.17, 15) is 27.6 Å². The molecular weight excluding hydrogens is 517 g/mol. The predicted octanol–water partition coefficient (Wildman–Crippen LogP) is 3.05. The maximum Gasteiger partial charge on any atom is 0.573 e. The van der Waals surface area contributed by atoms with Crippen molar-refractivity contribution >= 4 is 17.6 Å². The number of para-hydroxylation sites is 1. The van der Waals surface area contributed by atoms with Crippen molar-refractivity contribution in [2.75, 3.05) is 13.1 Å². The van der Waals surface area contributed by atoms with Gasteiger partial charge < -0.3 is 15.0 Å². The van der Waals surface area contributed by atoms with Crippen LogP contribution < -0.4 is 15.6 Å². The summed E-state index contributed by atoms with van der Waals surface area (Å²) >= 11 is 0. The van der Waals surface area contributed by atoms with E-state index in [4.69, 9.17) is 0 Å². The van der Waals surface area contributed by atoms with Gasteiger partial charge in [0.1, 0.15) is 17.1 Å². The van der Waals surface area contributed by atoms with Gasteiger partial charge in [-0.15, -0.1) is 13.2 Å². The van der Waals surface area contributed by atoms with Gasteiger partial charge in [-0.2, -0.15) is 9.50 Å². The second-order valence-electron chi connectivity index (χ2n) is 9.10. The number of piperidine rings is 1. The number of H-pyrrole nitrogens is 1. The molecule has 2 aromatic heterocycles. The molecule has 5 rings (SSSR count). The quantitative estimate of drug-likeness (QED) is 0.401. The Hall–Kier alpha value is -4.68. The molecule has 3 heterocycles. The van der Waals surface area contributed by atoms with Gasteiger partial charge in [0, 0.05) is 31.2 Å². The van der Waals surface area contributed by atoms with Crippen LogP contribution >= 0.6 is 0 Å². The topological polar surface area (TPSA) is 122 Å². The number of likely N-dealkylation sites (tertiary alicyclic amines) is 1. The summed E-state index contributed by atoms with van der Waals surface area (Å²) in [6.45, 7) is 2.00. The van der Waals surface area contributed by atoms with E-state index in [1.807, 2.05) is 30.3 Å². The molecule has 1 fully saturated rings. The molecule has 2 amide bonds. The summed E-state index contributed by atoms with van der Waals surface area (Å²) in [6, 6.07) is 13.7. The summed E-state index contributed by atoms with van der Waals surface area (Å²) in [5.74, 6) is -1.66. The minimum absolute atomic E-state index is 0.135. The minimum atomic E-state index is -4.96. The molecule has 2 aromatic carbocycles. The molecule has 0 unspecified atom stereocenters. The van der Waals surface area contributed by atoms with E-state index in [1.54, 1.807) is 6.92 Å². The molecule has 2 N–H and O–H groups in total. The maximum absolute atomic E-state index is 13.4. The van der Waals surface area contributed by atoms with Crippen molar-refractivity contribution in [2.45, 2.75) is 31.7 Å². The molecular formula is C26H23F3N6O4. The molecule has 39 heavy (non-hydrogen) atoms. The highest BCUT2D eigenvalue weighted by Gasteiger charge is 2.36. The van der Waals surface area contributed by atoms with E-state index in [0.29, 0.717) is 12.2 Å². The lowest BCUT2D eigenvalue weighted by Crippen LogP contribution is -2.52. The summed E-state index contributed by atoms with van der Waals surface area (Å²) in [6.07, 6.45) is -3.47. The Bertz CT molecular complexity index is 1580. The number of carbonyl (C=O) groups is 2. The number of nitrogens with zero attached hydrogens (tertiary/aromatic N) is 4. The summed E-state index contributed by atoms with van der Waals surface area (Å²) in [5.41, 5.74) is -0.167. The fraction of sp³-hybridized carbons (Fsp3) is 0.269. The van der Waals surface area contributed by atoms with Gasteiger partial charge >= 0.3 is 6.36 Å². The van der Waals surface area contributed by atoms with Crippen molar-refractivity contribution in [3.05, 3.63) is 93.7 Å². The first-order chi connectivity index (χ1) is 18.6. The number of alkyl halides is 3. The second-order valence-corrected chi connectivity index (χ2v) is 9.10. The normalized spacial score (nSPS) is 17.7. The number of carbonyl (C=O) groups excluding carboxylic acids is 2. The summed E-state index contributed by atoms with van der Waals surface area (Å²) in [5, 5.41) is 5.59. The summed E-state index contributed by atoms with van der Waals surface area (Å²) in [7, 11) is 0. The molecule has 202 valence electrons. The Morgan fingerprint density at radius 3 is 2.54 bits per heavy atom. The average Bonchev–Trinajstić information content (AvgIpc) is 3.30. The highest BCUT2D eigenvalue weighted by Crippen LogP contribution is 2.30. The fourth-order valence-corrected chi connectivity index (χ4v) is 4.74. The average molecular weight is 541 g/mol. The fourth-order valence-electron chi connectivity index (χ4n) is 4.74. The number of halogens is 3. The molecule has 0 saturated carbocycles. The van der Waals surface area contributed by atoms with Gasteiger partial charge in [-0.05, 0) is 31.0 Å². The van der Waals surface area contributed by atoms with Crippen LogP contribution in [-0.4, -0.2) is 61.8 Å². The Morgan fingerprint density at radius 1 is 1.08 bits per heavy atom. The monoisotopic (exact) mass is 540 g/mol. The third-order valence-electron chi connectivity index (χ3n) is 6.52. The minimum Gasteiger partial charge on any atom is -0.405 e. The van der Waals surface area contributed by atoms with Crippen LogP contribution in [0, 0.1) is 6.92 Å². The van der Waals surface area contributed by atoms with E-state index in [-0.39, 0.29) is 30.0 Å². The number of rotatable bonds is 5. The lowest BCUT2D eigenvalue weighted by Gasteiger charge is -2.39. The number of hydrogen-bond acceptors (Lipinski definition) is 6. The molecule has 0 radical (unpaired) electrons. The van der Waals surface area contributed by atoms with Gasteiger partial charge in [0.2, 0.25) is 0 Å². The van der Waals surface area contributed by atoms with Crippen LogP contribution in [-0.2, 0) is 0 Å². The van der Waals surface area contributed by atoms with Crippen LogP contribution in [0.2, 0.25) is 0 Å². The molecule has 13 heteroatoms. The van der Waals surface area contributed by atoms with E-state index >= 15 is 0 Å². The number of nitrogens with one attached hydrogen (secondary N) is 2. The lowest BCUT2D eigenvalue weighted by atomic mass is 9.85. The second kappa shape index (κ2) is 10.2. The number of benzene rings is 2. The van der Waals surface area contributed by atoms with Gasteiger partial charge in [0.25, 0.3) is 23.2 Å². The van der Waals surface area contributed by atoms with Gasteiger partial charge in [0.05, 0.1) is 5.56 Å². The highest BCUT2D eigenvalue weighted by atomic mass is 19.4. The number of ether oxygens (including phenoxy) is 1. The number of hydrogen-bond donors (Lipinski definition) is 2. The zero-order valence-electron chi connectivity index (χ0n) is 20.6. The maximum atomic E-state index is 13.4. The van der Waals surface area contributed by atoms with E-state index in [0.717, 1.165) is 16.1 Å². The van der Waals surface area contributed by atoms with Crippen molar-refractivity contribution in [2.24, 2.45) is 0 Å². The van der Waals surface area contributed by atoms with Gasteiger partial charge in [0.15, 0.2) is 0 Å². The summed E-state index contributed by atoms with van der Waals surface area (Å²) in [4.78, 5) is 49.1. The Balaban J connectivity index is 1.40. The van der Waals surface area contributed by atoms with Gasteiger partial charge in [-0.25, -0.2) is 4.98 Å². The van der Waals surface area contributed by atoms with Crippen LogP contribution in [0.3, 0.4) is 0 Å². The lowest BCUT2D eigenvalue weighted by molar-refractivity contribution is -0.274. The van der Waals surface area contributed by atoms with E-state index in [1.165, 1.54) is 29.3 Å². The third kappa shape index (κ3) is 5.47. The number of fused-ring (bicyclic) bond motifs is 1. The van der Waals surface area contributed by atoms with Crippen molar-refractivity contribution in [1.82, 2.24) is 29.8 Å². The smallest absolute Gasteiger partial charge is 0.405 e. The van der Waals surface area contributed by atoms with Crippen molar-refractivity contribution in [3.63, 3.8) is 0 Å². The summed E-state index contributed by atoms with van der Waals surface area (Å²) < 4.78 is 43.8. The largest absolute Gasteiger partial charge is 0.573 e. The van der Waals surface area contributed by atoms with Gasteiger partial charge in [-0.3, -0.25) is 19.5 Å². The molecule has 0 spiro atoms. The number of aromatic amines is 1. The first-order valence-electron chi connectivity index (χ1n) is 12.0. The molecule has 1 aliphatic heterocycles. The van der Waals surface area contributed by atoms with Crippen LogP contribution in [0.15, 0.2) is 65.6 Å². The highest BCUT2D eigenvalue weighted by molar-refractivity contribution is 5.97. The number of amides is 2. The van der Waals surface area contributed by atoms with Gasteiger partial charge in [-0.1, -0.05) is 42.5 Å². The zero-order valence-corrected chi connectivity index (χ0v) is 20.6. The standard InChI is InChI=1S/C26H23F3N6O4/c1-15-31-25-30-13-18(24(38)35(25)33-15)23(37)34-12-11-20(19(14-34)16-7-3-2-4-8-16)32-22(36)17-9-5-6-10-21(17)39-26(27,28)29/h2-10,13,19-20H,11-12,14H2,1H3,(H,32,36)(H,30,31,33)/t19-,20-/m1/s1. The van der Waals surface area contributed by atoms with Crippen LogP contribution in [0.4, 0.5) is 13.2 Å². The SMILES string of the molecule is Cc1nc2ncc(C(=O)N3CC[C@@H](NC(=O)c4ccccc4OC(F)(F)F)[C@@H](c4ccccc4)C3)c(=O)n2[nH]1. The van der Waals surface area contributed by atoms with E-state index < -0.39 is 41.4 Å². The molecule has 2 atom stereocenters. The molecule has 4 aromatic rings. The first kappa shape index (κ1) is 25.9. The Kier molecular flexibility index (Phi) is 6.81. The van der Waals surface area contributed by atoms with Crippen LogP contribution in [0.1, 0.15) is 44.4 Å². The van der Waals surface area contributed by atoms with Crippen LogP contribution in [0.5, 0.6) is 5.75 Å². The van der Waals surface area contributed by atoms with Crippen molar-refractivity contribution in [3.8, 4) is 5.75 Å². The van der Waals surface area contributed by atoms with Crippen molar-refractivity contribution < 1.29 is 27.5 Å². The molecule has 0 aliphatic carbocycles. The zero-order chi connectivity index (χ0) is 27.7. The number of aryl methyl sites for hydroxylation is 1. The Labute approximate surface area is 219 Å². The molecule has 10 nitrogen and oxygen atoms in total. The first-order valence-corrected chi connectivity index (χ1v) is 12.0. The molecule has 1 saturated heterocycles. The third-order valence-corrected chi connectivity index (χ3v) is 6.52. The van der Waals surface area contributed by atoms with Crippen LogP contribution in [0.25, 0.3) is 5.78 Å². The van der Waals surface area contributed by atoms with Crippen molar-refractivity contribution in [1.29, 1.82) is 0 Å².